The average molecular weight is 209 g/mol. The van der Waals surface area contributed by atoms with Crippen LogP contribution in [0.15, 0.2) is 18.2 Å². The number of rotatable bonds is 2. The van der Waals surface area contributed by atoms with E-state index in [1.165, 1.54) is 0 Å². The average Bonchev–Trinajstić information content (AvgIpc) is 2.28. The molecule has 1 atom stereocenters. The number of anilines is 1. The highest BCUT2D eigenvalue weighted by Gasteiger charge is 2.22. The van der Waals surface area contributed by atoms with E-state index in [4.69, 9.17) is 14.6 Å². The van der Waals surface area contributed by atoms with E-state index in [0.29, 0.717) is 6.54 Å². The first-order chi connectivity index (χ1) is 7.24. The van der Waals surface area contributed by atoms with Crippen molar-refractivity contribution in [2.75, 3.05) is 32.2 Å². The third-order valence-electron chi connectivity index (χ3n) is 2.55. The van der Waals surface area contributed by atoms with Crippen molar-refractivity contribution in [2.45, 2.75) is 6.10 Å². The maximum absolute atomic E-state index is 9.06. The fraction of sp³-hybridized carbons (Fsp3) is 0.455. The Hall–Kier alpha value is -1.42. The summed E-state index contributed by atoms with van der Waals surface area (Å²) < 4.78 is 10.8. The highest BCUT2D eigenvalue weighted by Crippen LogP contribution is 2.35. The number of fused-ring (bicyclic) bond motifs is 1. The first kappa shape index (κ1) is 10.1. The third-order valence-corrected chi connectivity index (χ3v) is 2.55. The van der Waals surface area contributed by atoms with Crippen LogP contribution >= 0.6 is 0 Å². The summed E-state index contributed by atoms with van der Waals surface area (Å²) in [5, 5.41) is 9.06. The van der Waals surface area contributed by atoms with Crippen LogP contribution in [-0.4, -0.2) is 38.5 Å². The quantitative estimate of drug-likeness (QED) is 0.785. The number of likely N-dealkylation sites (N-methyl/N-ethyl adjacent to an activating group) is 1. The van der Waals surface area contributed by atoms with Gasteiger partial charge in [-0.05, 0) is 12.1 Å². The van der Waals surface area contributed by atoms with Crippen molar-refractivity contribution in [1.29, 1.82) is 0 Å². The van der Waals surface area contributed by atoms with Gasteiger partial charge in [-0.2, -0.15) is 0 Å². The number of methoxy groups -OCH3 is 1. The van der Waals surface area contributed by atoms with Gasteiger partial charge in [-0.3, -0.25) is 0 Å². The van der Waals surface area contributed by atoms with Gasteiger partial charge in [-0.15, -0.1) is 0 Å². The first-order valence-corrected chi connectivity index (χ1v) is 4.91. The summed E-state index contributed by atoms with van der Waals surface area (Å²) >= 11 is 0. The monoisotopic (exact) mass is 209 g/mol. The lowest BCUT2D eigenvalue weighted by Gasteiger charge is -2.33. The van der Waals surface area contributed by atoms with Gasteiger partial charge in [0, 0.05) is 13.1 Å². The first-order valence-electron chi connectivity index (χ1n) is 4.91. The largest absolute Gasteiger partial charge is 0.497 e. The molecule has 15 heavy (non-hydrogen) atoms. The smallest absolute Gasteiger partial charge is 0.143 e. The van der Waals surface area contributed by atoms with Gasteiger partial charge in [0.1, 0.15) is 17.6 Å². The molecule has 0 radical (unpaired) electrons. The van der Waals surface area contributed by atoms with Crippen LogP contribution in [0.1, 0.15) is 0 Å². The van der Waals surface area contributed by atoms with Gasteiger partial charge < -0.3 is 19.5 Å². The van der Waals surface area contributed by atoms with E-state index in [9.17, 15) is 0 Å². The van der Waals surface area contributed by atoms with E-state index in [-0.39, 0.29) is 12.7 Å². The molecule has 0 unspecified atom stereocenters. The highest BCUT2D eigenvalue weighted by molar-refractivity contribution is 5.62. The molecule has 0 fully saturated rings. The van der Waals surface area contributed by atoms with Crippen LogP contribution in [0.5, 0.6) is 11.5 Å². The van der Waals surface area contributed by atoms with Gasteiger partial charge in [0.25, 0.3) is 0 Å². The van der Waals surface area contributed by atoms with Crippen molar-refractivity contribution in [3.63, 3.8) is 0 Å². The molecule has 0 spiro atoms. The summed E-state index contributed by atoms with van der Waals surface area (Å²) in [5.41, 5.74) is 0.999. The van der Waals surface area contributed by atoms with Crippen LogP contribution in [0.3, 0.4) is 0 Å². The van der Waals surface area contributed by atoms with E-state index in [1.54, 1.807) is 7.11 Å². The fourth-order valence-electron chi connectivity index (χ4n) is 1.74. The molecule has 1 aliphatic heterocycles. The molecule has 4 nitrogen and oxygen atoms in total. The topological polar surface area (TPSA) is 41.9 Å². The van der Waals surface area contributed by atoms with E-state index in [1.807, 2.05) is 25.2 Å². The summed E-state index contributed by atoms with van der Waals surface area (Å²) in [7, 11) is 3.62. The summed E-state index contributed by atoms with van der Waals surface area (Å²) in [6, 6.07) is 5.65. The van der Waals surface area contributed by atoms with Gasteiger partial charge >= 0.3 is 0 Å². The minimum atomic E-state index is -0.143. The molecule has 0 saturated heterocycles. The van der Waals surface area contributed by atoms with Gasteiger partial charge in [0.15, 0.2) is 0 Å². The Morgan fingerprint density at radius 1 is 1.60 bits per heavy atom. The molecule has 0 saturated carbocycles. The van der Waals surface area contributed by atoms with Crippen LogP contribution in [0.25, 0.3) is 0 Å². The summed E-state index contributed by atoms with van der Waals surface area (Å²) in [5.74, 6) is 1.61. The van der Waals surface area contributed by atoms with E-state index in [0.717, 1.165) is 17.2 Å². The van der Waals surface area contributed by atoms with Gasteiger partial charge in [0.05, 0.1) is 25.9 Å². The van der Waals surface area contributed by atoms with E-state index < -0.39 is 0 Å². The Morgan fingerprint density at radius 3 is 3.07 bits per heavy atom. The zero-order chi connectivity index (χ0) is 10.8. The number of ether oxygens (including phenoxy) is 2. The van der Waals surface area contributed by atoms with Crippen molar-refractivity contribution >= 4 is 5.69 Å². The number of nitrogens with zero attached hydrogens (tertiary/aromatic N) is 1. The number of aliphatic hydroxyl groups excluding tert-OH is 1. The lowest BCUT2D eigenvalue weighted by atomic mass is 10.2. The van der Waals surface area contributed by atoms with Gasteiger partial charge in [0.2, 0.25) is 0 Å². The molecule has 0 aliphatic carbocycles. The van der Waals surface area contributed by atoms with Gasteiger partial charge in [-0.25, -0.2) is 0 Å². The molecule has 0 bridgehead atoms. The molecular weight excluding hydrogens is 194 g/mol. The highest BCUT2D eigenvalue weighted by atomic mass is 16.5. The van der Waals surface area contributed by atoms with Crippen LogP contribution in [0.2, 0.25) is 0 Å². The number of hydrogen-bond donors (Lipinski definition) is 1. The Bertz CT molecular complexity index is 354. The molecule has 1 heterocycles. The van der Waals surface area contributed by atoms with Crippen molar-refractivity contribution in [2.24, 2.45) is 0 Å². The van der Waals surface area contributed by atoms with Gasteiger partial charge in [-0.1, -0.05) is 0 Å². The Kier molecular flexibility index (Phi) is 2.68. The third kappa shape index (κ3) is 1.85. The van der Waals surface area contributed by atoms with Crippen molar-refractivity contribution in [1.82, 2.24) is 0 Å². The minimum absolute atomic E-state index is 0.0375. The minimum Gasteiger partial charge on any atom is -0.497 e. The molecule has 0 amide bonds. The van der Waals surface area contributed by atoms with Crippen molar-refractivity contribution < 1.29 is 14.6 Å². The molecule has 1 aromatic carbocycles. The fourth-order valence-corrected chi connectivity index (χ4v) is 1.74. The molecule has 1 aliphatic rings. The normalized spacial score (nSPS) is 19.4. The summed E-state index contributed by atoms with van der Waals surface area (Å²) in [6.07, 6.45) is -0.143. The van der Waals surface area contributed by atoms with Crippen LogP contribution in [0.4, 0.5) is 5.69 Å². The van der Waals surface area contributed by atoms with Crippen molar-refractivity contribution in [3.8, 4) is 11.5 Å². The van der Waals surface area contributed by atoms with E-state index in [2.05, 4.69) is 4.90 Å². The Morgan fingerprint density at radius 2 is 2.40 bits per heavy atom. The Labute approximate surface area is 89.0 Å². The van der Waals surface area contributed by atoms with E-state index >= 15 is 0 Å². The standard InChI is InChI=1S/C11H15NO3/c1-12-6-9(7-13)15-11-4-3-8(14-2)5-10(11)12/h3-5,9,13H,6-7H2,1-2H3/t9-/m0/s1. The van der Waals surface area contributed by atoms with Crippen molar-refractivity contribution in [3.05, 3.63) is 18.2 Å². The molecular formula is C11H15NO3. The van der Waals surface area contributed by atoms with Crippen LogP contribution in [0, 0.1) is 0 Å². The number of benzene rings is 1. The number of aliphatic hydroxyl groups is 1. The second-order valence-corrected chi connectivity index (χ2v) is 3.64. The zero-order valence-corrected chi connectivity index (χ0v) is 8.93. The molecule has 82 valence electrons. The zero-order valence-electron chi connectivity index (χ0n) is 8.93. The maximum atomic E-state index is 9.06. The molecule has 1 N–H and O–H groups in total. The Balaban J connectivity index is 2.32. The number of hydrogen-bond acceptors (Lipinski definition) is 4. The lowest BCUT2D eigenvalue weighted by molar-refractivity contribution is 0.113. The van der Waals surface area contributed by atoms with Crippen LogP contribution < -0.4 is 14.4 Å². The second kappa shape index (κ2) is 3.98. The lowest BCUT2D eigenvalue weighted by Crippen LogP contribution is -2.39. The SMILES string of the molecule is COc1ccc2c(c1)N(C)C[C@@H](CO)O2. The molecule has 1 aromatic rings. The molecule has 2 rings (SSSR count). The summed E-state index contributed by atoms with van der Waals surface area (Å²) in [4.78, 5) is 2.06. The molecule has 4 heteroatoms. The predicted molar refractivity (Wildman–Crippen MR) is 57.8 cm³/mol. The molecule has 0 aromatic heterocycles. The maximum Gasteiger partial charge on any atom is 0.143 e. The predicted octanol–water partition coefficient (Wildman–Crippen LogP) is 0.885. The van der Waals surface area contributed by atoms with Crippen LogP contribution in [-0.2, 0) is 0 Å². The summed E-state index contributed by atoms with van der Waals surface area (Å²) in [6.45, 7) is 0.729. The second-order valence-electron chi connectivity index (χ2n) is 3.64.